The molecule has 0 N–H and O–H groups in total. The van der Waals surface area contributed by atoms with E-state index in [0.29, 0.717) is 6.90 Å². The van der Waals surface area contributed by atoms with E-state index in [1.54, 1.807) is 21.1 Å². The van der Waals surface area contributed by atoms with Crippen molar-refractivity contribution in [3.05, 3.63) is 194 Å². The SMILES string of the molecule is COc1ccc2c(c1)c1ccccc1c1cc3c(cc21)oc1ccc2ccccc2c13.COc1cccc(-c2ccccc2-c2ccc3oc4ccc5ccccc5c4c3c2)c1.[2H]CC. The van der Waals surface area contributed by atoms with E-state index < -0.39 is 0 Å². The van der Waals surface area contributed by atoms with Crippen molar-refractivity contribution in [1.29, 1.82) is 0 Å². The minimum atomic E-state index is 0.500. The highest BCUT2D eigenvalue weighted by Crippen LogP contribution is 2.43. The molecule has 0 amide bonds. The summed E-state index contributed by atoms with van der Waals surface area (Å²) in [6, 6.07) is 68.1. The lowest BCUT2D eigenvalue weighted by atomic mass is 9.93. The van der Waals surface area contributed by atoms with Crippen molar-refractivity contribution in [1.82, 2.24) is 0 Å². The lowest BCUT2D eigenvalue weighted by Gasteiger charge is -2.11. The second-order valence-corrected chi connectivity index (χ2v) is 15.9. The third-order valence-corrected chi connectivity index (χ3v) is 12.5. The van der Waals surface area contributed by atoms with Gasteiger partial charge in [0, 0.05) is 22.9 Å². The van der Waals surface area contributed by atoms with Crippen LogP contribution in [0, 0.1) is 0 Å². The summed E-state index contributed by atoms with van der Waals surface area (Å²) < 4.78 is 29.7. The standard InChI is InChI=1S/C29H18O2.C29H20O2.C2H6/c1-30-18-11-12-22-23(14-18)20-8-4-5-9-21(20)24-15-26-28(16-25(22)24)31-27-13-10-17-6-2-3-7-19(17)29(26)27;1-30-22-9-6-8-20(17-22)23-10-4-5-11-24(23)21-14-15-27-26(18-21)29-25-12-3-2-7-19(25)13-16-28(29)31-27;1-2/h2-16H,1H3;2-18H,1H3;1-2H3/i;;1D. The van der Waals surface area contributed by atoms with E-state index in [1.807, 2.05) is 18.2 Å². The Morgan fingerprint density at radius 2 is 0.828 bits per heavy atom. The number of ether oxygens (including phenoxy) is 2. The molecular formula is C60H44O4. The van der Waals surface area contributed by atoms with Crippen LogP contribution in [0.3, 0.4) is 0 Å². The molecular weight excluding hydrogens is 785 g/mol. The Labute approximate surface area is 371 Å². The molecule has 0 unspecified atom stereocenters. The van der Waals surface area contributed by atoms with Crippen molar-refractivity contribution < 1.29 is 19.7 Å². The molecule has 13 rings (SSSR count). The van der Waals surface area contributed by atoms with Gasteiger partial charge in [-0.25, -0.2) is 0 Å². The molecule has 11 aromatic carbocycles. The van der Waals surface area contributed by atoms with E-state index in [4.69, 9.17) is 19.7 Å². The monoisotopic (exact) mass is 829 g/mol. The summed E-state index contributed by atoms with van der Waals surface area (Å²) in [6.07, 6.45) is 0. The first-order valence-corrected chi connectivity index (χ1v) is 21.6. The Hall–Kier alpha value is -8.08. The van der Waals surface area contributed by atoms with Gasteiger partial charge in [0.05, 0.1) is 14.2 Å². The first-order valence-electron chi connectivity index (χ1n) is 22.3. The van der Waals surface area contributed by atoms with Gasteiger partial charge in [-0.2, -0.15) is 0 Å². The molecule has 0 saturated carbocycles. The summed E-state index contributed by atoms with van der Waals surface area (Å²) in [6.45, 7) is 2.29. The van der Waals surface area contributed by atoms with E-state index in [0.717, 1.165) is 50.2 Å². The molecule has 0 aliphatic carbocycles. The Morgan fingerprint density at radius 1 is 0.344 bits per heavy atom. The second-order valence-electron chi connectivity index (χ2n) is 15.9. The van der Waals surface area contributed by atoms with Crippen LogP contribution >= 0.6 is 0 Å². The maximum atomic E-state index is 6.35. The number of hydrogen-bond acceptors (Lipinski definition) is 4. The smallest absolute Gasteiger partial charge is 0.136 e. The van der Waals surface area contributed by atoms with Crippen LogP contribution in [0.1, 0.15) is 15.2 Å². The maximum Gasteiger partial charge on any atom is 0.136 e. The summed E-state index contributed by atoms with van der Waals surface area (Å²) in [5, 5.41) is 16.9. The normalized spacial score (nSPS) is 11.6. The summed E-state index contributed by atoms with van der Waals surface area (Å²) >= 11 is 0. The fourth-order valence-electron chi connectivity index (χ4n) is 9.59. The van der Waals surface area contributed by atoms with Gasteiger partial charge in [-0.3, -0.25) is 0 Å². The first-order chi connectivity index (χ1) is 32.0. The zero-order chi connectivity index (χ0) is 44.0. The molecule has 0 aliphatic heterocycles. The Bertz CT molecular complexity index is 3930. The van der Waals surface area contributed by atoms with Crippen LogP contribution in [0.25, 0.3) is 120 Å². The molecule has 0 saturated heterocycles. The Kier molecular flexibility index (Phi) is 9.41. The third-order valence-electron chi connectivity index (χ3n) is 12.5. The predicted molar refractivity (Wildman–Crippen MR) is 270 cm³/mol. The number of rotatable bonds is 4. The van der Waals surface area contributed by atoms with Crippen molar-refractivity contribution in [3.63, 3.8) is 0 Å². The van der Waals surface area contributed by atoms with Crippen molar-refractivity contribution in [3.8, 4) is 33.8 Å². The summed E-state index contributed by atoms with van der Waals surface area (Å²) in [7, 11) is 3.42. The lowest BCUT2D eigenvalue weighted by Crippen LogP contribution is -1.87. The summed E-state index contributed by atoms with van der Waals surface area (Å²) in [5.41, 5.74) is 8.36. The molecule has 0 fully saturated rings. The van der Waals surface area contributed by atoms with E-state index >= 15 is 0 Å². The van der Waals surface area contributed by atoms with Crippen molar-refractivity contribution in [2.75, 3.05) is 14.2 Å². The van der Waals surface area contributed by atoms with Crippen LogP contribution in [0.15, 0.2) is 203 Å². The molecule has 64 heavy (non-hydrogen) atoms. The summed E-state index contributed by atoms with van der Waals surface area (Å²) in [4.78, 5) is 0. The minimum absolute atomic E-state index is 0.500. The maximum absolute atomic E-state index is 6.35. The van der Waals surface area contributed by atoms with Crippen LogP contribution in [0.2, 0.25) is 0 Å². The van der Waals surface area contributed by atoms with Gasteiger partial charge in [0.25, 0.3) is 0 Å². The van der Waals surface area contributed by atoms with Gasteiger partial charge in [-0.05, 0) is 137 Å². The van der Waals surface area contributed by atoms with Gasteiger partial charge in [0.1, 0.15) is 33.8 Å². The van der Waals surface area contributed by atoms with Crippen LogP contribution in [-0.2, 0) is 0 Å². The van der Waals surface area contributed by atoms with E-state index in [1.165, 1.54) is 81.3 Å². The highest BCUT2D eigenvalue weighted by Gasteiger charge is 2.17. The lowest BCUT2D eigenvalue weighted by molar-refractivity contribution is 0.415. The number of furan rings is 2. The Balaban J connectivity index is 0.000000136. The van der Waals surface area contributed by atoms with Crippen molar-refractivity contribution in [2.45, 2.75) is 13.8 Å². The molecule has 2 aromatic heterocycles. The third kappa shape index (κ3) is 6.37. The molecule has 0 spiro atoms. The number of methoxy groups -OCH3 is 2. The molecule has 4 heteroatoms. The molecule has 0 aliphatic rings. The van der Waals surface area contributed by atoms with E-state index in [2.05, 4.69) is 176 Å². The second kappa shape index (κ2) is 16.0. The highest BCUT2D eigenvalue weighted by atomic mass is 16.5. The molecule has 0 radical (unpaired) electrons. The fraction of sp³-hybridized carbons (Fsp3) is 0.0667. The van der Waals surface area contributed by atoms with Crippen LogP contribution in [-0.4, -0.2) is 14.2 Å². The van der Waals surface area contributed by atoms with Crippen LogP contribution < -0.4 is 9.47 Å². The Morgan fingerprint density at radius 3 is 1.47 bits per heavy atom. The van der Waals surface area contributed by atoms with Gasteiger partial charge in [0.15, 0.2) is 0 Å². The van der Waals surface area contributed by atoms with Crippen LogP contribution in [0.4, 0.5) is 0 Å². The largest absolute Gasteiger partial charge is 0.497 e. The van der Waals surface area contributed by atoms with Crippen molar-refractivity contribution in [2.24, 2.45) is 0 Å². The zero-order valence-corrected chi connectivity index (χ0v) is 35.8. The molecule has 4 nitrogen and oxygen atoms in total. The predicted octanol–water partition coefficient (Wildman–Crippen LogP) is 17.3. The molecule has 2 heterocycles. The molecule has 13 aromatic rings. The number of hydrogen-bond donors (Lipinski definition) is 0. The quantitative estimate of drug-likeness (QED) is 0.166. The van der Waals surface area contributed by atoms with Crippen LogP contribution in [0.5, 0.6) is 11.5 Å². The summed E-state index contributed by atoms with van der Waals surface area (Å²) in [5.74, 6) is 1.73. The van der Waals surface area contributed by atoms with Crippen molar-refractivity contribution >= 4 is 97.7 Å². The topological polar surface area (TPSA) is 44.7 Å². The average molecular weight is 830 g/mol. The van der Waals surface area contributed by atoms with Gasteiger partial charge >= 0.3 is 0 Å². The van der Waals surface area contributed by atoms with Gasteiger partial charge in [-0.1, -0.05) is 147 Å². The van der Waals surface area contributed by atoms with E-state index in [-0.39, 0.29) is 0 Å². The molecule has 308 valence electrons. The fourth-order valence-corrected chi connectivity index (χ4v) is 9.59. The van der Waals surface area contributed by atoms with Gasteiger partial charge in [-0.15, -0.1) is 0 Å². The minimum Gasteiger partial charge on any atom is -0.497 e. The number of fused-ring (bicyclic) bond motifs is 16. The zero-order valence-electron chi connectivity index (χ0n) is 36.8. The molecule has 0 bridgehead atoms. The number of benzene rings is 11. The average Bonchev–Trinajstić information content (AvgIpc) is 3.94. The first kappa shape index (κ1) is 37.7. The van der Waals surface area contributed by atoms with E-state index in [9.17, 15) is 0 Å². The highest BCUT2D eigenvalue weighted by molar-refractivity contribution is 6.30. The van der Waals surface area contributed by atoms with Gasteiger partial charge < -0.3 is 18.3 Å². The van der Waals surface area contributed by atoms with Gasteiger partial charge in [0.2, 0.25) is 0 Å². The molecule has 0 atom stereocenters.